The largest absolute Gasteiger partial charge is 0.478 e. The van der Waals surface area contributed by atoms with E-state index in [9.17, 15) is 24.8 Å². The van der Waals surface area contributed by atoms with Crippen molar-refractivity contribution in [1.82, 2.24) is 0 Å². The molecule has 3 rings (SSSR count). The number of hydrogen-bond acceptors (Lipinski definition) is 4. The Balaban J connectivity index is 1.86. The highest BCUT2D eigenvalue weighted by atomic mass is 16.6. The minimum Gasteiger partial charge on any atom is -0.478 e. The number of fused-ring (bicyclic) bond motifs is 1. The summed E-state index contributed by atoms with van der Waals surface area (Å²) in [5.41, 5.74) is -0.227. The standard InChI is InChI=1S/C18H13N3O5/c22-17(23)14-10-12(21(25)26)8-9-16(14)20-18(24)19-15-7-3-5-11-4-1-2-6-13(11)15/h1-10H,(H,22,23)(H2,19,20,24). The van der Waals surface area contributed by atoms with Crippen molar-refractivity contribution in [2.45, 2.75) is 0 Å². The summed E-state index contributed by atoms with van der Waals surface area (Å²) >= 11 is 0. The molecule has 0 aliphatic rings. The number of rotatable bonds is 4. The number of benzene rings is 3. The molecule has 3 aromatic carbocycles. The molecule has 2 amide bonds. The lowest BCUT2D eigenvalue weighted by molar-refractivity contribution is -0.384. The third kappa shape index (κ3) is 3.44. The van der Waals surface area contributed by atoms with Gasteiger partial charge in [-0.2, -0.15) is 0 Å². The molecule has 0 saturated carbocycles. The first-order valence-corrected chi connectivity index (χ1v) is 7.53. The number of urea groups is 1. The van der Waals surface area contributed by atoms with Crippen molar-refractivity contribution in [2.24, 2.45) is 0 Å². The maximum Gasteiger partial charge on any atom is 0.338 e. The predicted octanol–water partition coefficient (Wildman–Crippen LogP) is 4.09. The van der Waals surface area contributed by atoms with Gasteiger partial charge in [0.1, 0.15) is 0 Å². The molecule has 0 aliphatic carbocycles. The number of nitrogens with one attached hydrogen (secondary N) is 2. The van der Waals surface area contributed by atoms with Gasteiger partial charge in [-0.15, -0.1) is 0 Å². The quantitative estimate of drug-likeness (QED) is 0.483. The molecule has 0 atom stereocenters. The van der Waals surface area contributed by atoms with E-state index in [2.05, 4.69) is 10.6 Å². The maximum atomic E-state index is 12.3. The van der Waals surface area contributed by atoms with Gasteiger partial charge in [0.15, 0.2) is 0 Å². The van der Waals surface area contributed by atoms with Crippen LogP contribution in [0, 0.1) is 10.1 Å². The van der Waals surface area contributed by atoms with Crippen LogP contribution in [0.25, 0.3) is 10.8 Å². The first kappa shape index (κ1) is 16.9. The van der Waals surface area contributed by atoms with Gasteiger partial charge in [0.05, 0.1) is 21.9 Å². The van der Waals surface area contributed by atoms with Crippen LogP contribution in [0.15, 0.2) is 60.7 Å². The Bertz CT molecular complexity index is 1030. The molecule has 130 valence electrons. The van der Waals surface area contributed by atoms with Crippen molar-refractivity contribution >= 4 is 39.8 Å². The summed E-state index contributed by atoms with van der Waals surface area (Å²) in [6, 6.07) is 15.4. The highest BCUT2D eigenvalue weighted by Gasteiger charge is 2.17. The van der Waals surface area contributed by atoms with E-state index in [0.717, 1.165) is 22.9 Å². The third-order valence-corrected chi connectivity index (χ3v) is 3.73. The lowest BCUT2D eigenvalue weighted by Crippen LogP contribution is -2.21. The van der Waals surface area contributed by atoms with Gasteiger partial charge in [-0.25, -0.2) is 9.59 Å². The van der Waals surface area contributed by atoms with Crippen molar-refractivity contribution in [3.05, 3.63) is 76.3 Å². The zero-order valence-electron chi connectivity index (χ0n) is 13.3. The monoisotopic (exact) mass is 351 g/mol. The molecular formula is C18H13N3O5. The van der Waals surface area contributed by atoms with E-state index in [1.54, 1.807) is 12.1 Å². The number of nitro groups is 1. The molecule has 0 aliphatic heterocycles. The predicted molar refractivity (Wildman–Crippen MR) is 96.6 cm³/mol. The van der Waals surface area contributed by atoms with Crippen molar-refractivity contribution in [1.29, 1.82) is 0 Å². The van der Waals surface area contributed by atoms with E-state index in [1.165, 1.54) is 6.07 Å². The van der Waals surface area contributed by atoms with Gasteiger partial charge >= 0.3 is 12.0 Å². The molecule has 0 fully saturated rings. The van der Waals surface area contributed by atoms with E-state index >= 15 is 0 Å². The van der Waals surface area contributed by atoms with Gasteiger partial charge in [0.2, 0.25) is 0 Å². The molecule has 8 heteroatoms. The lowest BCUT2D eigenvalue weighted by Gasteiger charge is -2.11. The average molecular weight is 351 g/mol. The molecule has 0 heterocycles. The molecule has 3 N–H and O–H groups in total. The second-order valence-corrected chi connectivity index (χ2v) is 5.40. The maximum absolute atomic E-state index is 12.3. The summed E-state index contributed by atoms with van der Waals surface area (Å²) in [6.45, 7) is 0. The van der Waals surface area contributed by atoms with E-state index in [-0.39, 0.29) is 16.9 Å². The zero-order chi connectivity index (χ0) is 18.7. The van der Waals surface area contributed by atoms with Crippen LogP contribution >= 0.6 is 0 Å². The van der Waals surface area contributed by atoms with E-state index in [4.69, 9.17) is 0 Å². The van der Waals surface area contributed by atoms with Crippen molar-refractivity contribution in [3.63, 3.8) is 0 Å². The van der Waals surface area contributed by atoms with Gasteiger partial charge in [-0.05, 0) is 17.5 Å². The van der Waals surface area contributed by atoms with Crippen LogP contribution in [-0.2, 0) is 0 Å². The topological polar surface area (TPSA) is 122 Å². The van der Waals surface area contributed by atoms with Gasteiger partial charge < -0.3 is 15.7 Å². The Labute approximate surface area is 147 Å². The number of carboxylic acid groups (broad SMARTS) is 1. The Hall–Kier alpha value is -3.94. The number of hydrogen-bond donors (Lipinski definition) is 3. The molecule has 8 nitrogen and oxygen atoms in total. The third-order valence-electron chi connectivity index (χ3n) is 3.73. The molecule has 0 radical (unpaired) electrons. The number of non-ortho nitro benzene ring substituents is 1. The number of carboxylic acids is 1. The van der Waals surface area contributed by atoms with Gasteiger partial charge in [-0.1, -0.05) is 36.4 Å². The van der Waals surface area contributed by atoms with Crippen molar-refractivity contribution in [3.8, 4) is 0 Å². The van der Waals surface area contributed by atoms with Crippen LogP contribution < -0.4 is 10.6 Å². The van der Waals surface area contributed by atoms with Crippen LogP contribution in [0.4, 0.5) is 21.9 Å². The number of nitrogens with zero attached hydrogens (tertiary/aromatic N) is 1. The number of aromatic carboxylic acids is 1. The summed E-state index contributed by atoms with van der Waals surface area (Å²) in [7, 11) is 0. The van der Waals surface area contributed by atoms with Gasteiger partial charge in [0, 0.05) is 17.5 Å². The van der Waals surface area contributed by atoms with Crippen LogP contribution in [0.2, 0.25) is 0 Å². The molecule has 26 heavy (non-hydrogen) atoms. The normalized spacial score (nSPS) is 10.3. The minimum absolute atomic E-state index is 0.0409. The second-order valence-electron chi connectivity index (χ2n) is 5.40. The van der Waals surface area contributed by atoms with E-state index in [0.29, 0.717) is 5.69 Å². The number of carbonyl (C=O) groups is 2. The van der Waals surface area contributed by atoms with Crippen molar-refractivity contribution in [2.75, 3.05) is 10.6 Å². The Kier molecular flexibility index (Phi) is 4.48. The summed E-state index contributed by atoms with van der Waals surface area (Å²) in [5, 5.41) is 26.9. The summed E-state index contributed by atoms with van der Waals surface area (Å²) in [4.78, 5) is 33.7. The summed E-state index contributed by atoms with van der Waals surface area (Å²) in [6.07, 6.45) is 0. The number of nitro benzene ring substituents is 1. The summed E-state index contributed by atoms with van der Waals surface area (Å²) < 4.78 is 0. The molecular weight excluding hydrogens is 338 g/mol. The first-order chi connectivity index (χ1) is 12.5. The molecule has 0 spiro atoms. The Morgan fingerprint density at radius 3 is 2.35 bits per heavy atom. The van der Waals surface area contributed by atoms with E-state index < -0.39 is 16.9 Å². The average Bonchev–Trinajstić information content (AvgIpc) is 2.62. The van der Waals surface area contributed by atoms with E-state index in [1.807, 2.05) is 30.3 Å². The Morgan fingerprint density at radius 2 is 1.62 bits per heavy atom. The highest BCUT2D eigenvalue weighted by Crippen LogP contribution is 2.25. The lowest BCUT2D eigenvalue weighted by atomic mass is 10.1. The SMILES string of the molecule is O=C(Nc1ccc([N+](=O)[O-])cc1C(=O)O)Nc1cccc2ccccc12. The zero-order valence-corrected chi connectivity index (χ0v) is 13.3. The van der Waals surface area contributed by atoms with Crippen molar-refractivity contribution < 1.29 is 19.6 Å². The smallest absolute Gasteiger partial charge is 0.338 e. The van der Waals surface area contributed by atoms with Gasteiger partial charge in [0.25, 0.3) is 5.69 Å². The highest BCUT2D eigenvalue weighted by molar-refractivity contribution is 6.08. The molecule has 3 aromatic rings. The molecule has 0 bridgehead atoms. The molecule has 0 saturated heterocycles. The second kappa shape index (κ2) is 6.89. The summed E-state index contributed by atoms with van der Waals surface area (Å²) in [5.74, 6) is -1.38. The van der Waals surface area contributed by atoms with Crippen LogP contribution in [0.3, 0.4) is 0 Å². The first-order valence-electron chi connectivity index (χ1n) is 7.53. The molecule has 0 aromatic heterocycles. The van der Waals surface area contributed by atoms with Crippen LogP contribution in [0.5, 0.6) is 0 Å². The molecule has 0 unspecified atom stereocenters. The van der Waals surface area contributed by atoms with Gasteiger partial charge in [-0.3, -0.25) is 10.1 Å². The number of anilines is 2. The number of carbonyl (C=O) groups excluding carboxylic acids is 1. The number of amides is 2. The minimum atomic E-state index is -1.38. The fraction of sp³-hybridized carbons (Fsp3) is 0. The Morgan fingerprint density at radius 1 is 0.923 bits per heavy atom. The fourth-order valence-corrected chi connectivity index (χ4v) is 2.54. The van der Waals surface area contributed by atoms with Crippen LogP contribution in [-0.4, -0.2) is 22.0 Å². The fourth-order valence-electron chi connectivity index (χ4n) is 2.54. The van der Waals surface area contributed by atoms with Crippen LogP contribution in [0.1, 0.15) is 10.4 Å².